The number of likely N-dealkylation sites (N-methyl/N-ethyl adjacent to an activating group) is 1. The fourth-order valence-electron chi connectivity index (χ4n) is 2.21. The van der Waals surface area contributed by atoms with Gasteiger partial charge < -0.3 is 5.32 Å². The van der Waals surface area contributed by atoms with Gasteiger partial charge in [-0.25, -0.2) is 0 Å². The van der Waals surface area contributed by atoms with E-state index in [1.165, 1.54) is 16.1 Å². The quantitative estimate of drug-likeness (QED) is 0.858. The molecule has 0 amide bonds. The Balaban J connectivity index is 2.23. The van der Waals surface area contributed by atoms with Crippen molar-refractivity contribution >= 4 is 11.3 Å². The maximum Gasteiger partial charge on any atom is 0.0608 e. The van der Waals surface area contributed by atoms with Crippen LogP contribution in [0.1, 0.15) is 36.0 Å². The summed E-state index contributed by atoms with van der Waals surface area (Å²) in [6.45, 7) is 5.31. The third kappa shape index (κ3) is 3.18. The van der Waals surface area contributed by atoms with Crippen molar-refractivity contribution < 1.29 is 0 Å². The van der Waals surface area contributed by atoms with Crippen LogP contribution in [0.5, 0.6) is 0 Å². The zero-order valence-corrected chi connectivity index (χ0v) is 11.8. The van der Waals surface area contributed by atoms with Gasteiger partial charge in [-0.2, -0.15) is 0 Å². The molecule has 0 aromatic carbocycles. The van der Waals surface area contributed by atoms with Gasteiger partial charge in [-0.3, -0.25) is 4.98 Å². The highest BCUT2D eigenvalue weighted by atomic mass is 32.1. The van der Waals surface area contributed by atoms with Gasteiger partial charge in [0.25, 0.3) is 0 Å². The van der Waals surface area contributed by atoms with Gasteiger partial charge in [0.2, 0.25) is 0 Å². The zero-order valence-electron chi connectivity index (χ0n) is 11.0. The normalized spacial score (nSPS) is 12.6. The molecule has 18 heavy (non-hydrogen) atoms. The summed E-state index contributed by atoms with van der Waals surface area (Å²) in [5.74, 6) is 0. The van der Waals surface area contributed by atoms with Crippen molar-refractivity contribution in [2.45, 2.75) is 32.7 Å². The first kappa shape index (κ1) is 13.2. The van der Waals surface area contributed by atoms with Crippen molar-refractivity contribution in [3.63, 3.8) is 0 Å². The summed E-state index contributed by atoms with van der Waals surface area (Å²) in [7, 11) is 0. The van der Waals surface area contributed by atoms with Gasteiger partial charge in [0.1, 0.15) is 0 Å². The lowest BCUT2D eigenvalue weighted by Crippen LogP contribution is -2.24. The number of hydrogen-bond acceptors (Lipinski definition) is 3. The van der Waals surface area contributed by atoms with Crippen molar-refractivity contribution in [2.24, 2.45) is 0 Å². The molecule has 2 aromatic rings. The fraction of sp³-hybridized carbons (Fsp3) is 0.400. The smallest absolute Gasteiger partial charge is 0.0608 e. The van der Waals surface area contributed by atoms with Crippen LogP contribution in [-0.2, 0) is 12.8 Å². The monoisotopic (exact) mass is 260 g/mol. The van der Waals surface area contributed by atoms with Crippen molar-refractivity contribution in [2.75, 3.05) is 6.54 Å². The van der Waals surface area contributed by atoms with Crippen LogP contribution < -0.4 is 5.32 Å². The summed E-state index contributed by atoms with van der Waals surface area (Å²) in [5.41, 5.74) is 2.55. The highest BCUT2D eigenvalue weighted by molar-refractivity contribution is 7.09. The van der Waals surface area contributed by atoms with Gasteiger partial charge in [0.05, 0.1) is 11.7 Å². The first-order valence-corrected chi connectivity index (χ1v) is 7.42. The molecule has 0 radical (unpaired) electrons. The fourth-order valence-corrected chi connectivity index (χ4v) is 2.96. The Morgan fingerprint density at radius 1 is 1.28 bits per heavy atom. The molecule has 3 heteroatoms. The van der Waals surface area contributed by atoms with E-state index in [9.17, 15) is 0 Å². The first-order chi connectivity index (χ1) is 8.85. The van der Waals surface area contributed by atoms with E-state index in [1.807, 2.05) is 23.6 Å². The number of aromatic nitrogens is 1. The molecule has 0 aliphatic carbocycles. The summed E-state index contributed by atoms with van der Waals surface area (Å²) in [4.78, 5) is 6.00. The van der Waals surface area contributed by atoms with E-state index >= 15 is 0 Å². The Morgan fingerprint density at radius 2 is 2.17 bits per heavy atom. The molecule has 0 aliphatic heterocycles. The second kappa shape index (κ2) is 6.66. The second-order valence-corrected chi connectivity index (χ2v) is 5.33. The van der Waals surface area contributed by atoms with Crippen molar-refractivity contribution in [1.82, 2.24) is 10.3 Å². The first-order valence-electron chi connectivity index (χ1n) is 6.54. The van der Waals surface area contributed by atoms with Crippen molar-refractivity contribution in [1.29, 1.82) is 0 Å². The van der Waals surface area contributed by atoms with Gasteiger partial charge in [-0.1, -0.05) is 26.0 Å². The zero-order chi connectivity index (χ0) is 12.8. The number of rotatable bonds is 6. The van der Waals surface area contributed by atoms with Crippen LogP contribution in [0.2, 0.25) is 0 Å². The van der Waals surface area contributed by atoms with Gasteiger partial charge in [0.15, 0.2) is 0 Å². The Morgan fingerprint density at radius 3 is 2.83 bits per heavy atom. The number of aryl methyl sites for hydroxylation is 1. The summed E-state index contributed by atoms with van der Waals surface area (Å²) < 4.78 is 0. The minimum Gasteiger partial charge on any atom is -0.309 e. The maximum absolute atomic E-state index is 4.59. The maximum atomic E-state index is 4.59. The number of pyridine rings is 1. The molecule has 0 fully saturated rings. The minimum absolute atomic E-state index is 0.324. The Labute approximate surface area is 113 Å². The topological polar surface area (TPSA) is 24.9 Å². The standard InChI is InChI=1S/C15H20N2S/c1-3-12-7-5-9-17-15(12)14(16-4-2)11-13-8-6-10-18-13/h5-10,14,16H,3-4,11H2,1-2H3. The molecule has 0 saturated carbocycles. The molecule has 1 atom stereocenters. The van der Waals surface area contributed by atoms with Crippen molar-refractivity contribution in [3.05, 3.63) is 52.0 Å². The Bertz CT molecular complexity index is 465. The average molecular weight is 260 g/mol. The summed E-state index contributed by atoms with van der Waals surface area (Å²) in [6, 6.07) is 8.84. The molecule has 1 N–H and O–H groups in total. The molecule has 2 rings (SSSR count). The summed E-state index contributed by atoms with van der Waals surface area (Å²) in [6.07, 6.45) is 3.96. The second-order valence-electron chi connectivity index (χ2n) is 4.30. The van der Waals surface area contributed by atoms with Crippen LogP contribution in [0, 0.1) is 0 Å². The predicted molar refractivity (Wildman–Crippen MR) is 78.1 cm³/mol. The van der Waals surface area contributed by atoms with Crippen LogP contribution >= 0.6 is 11.3 Å². The molecule has 96 valence electrons. The average Bonchev–Trinajstić information content (AvgIpc) is 2.91. The Kier molecular flexibility index (Phi) is 4.90. The lowest BCUT2D eigenvalue weighted by Gasteiger charge is -2.19. The van der Waals surface area contributed by atoms with E-state index < -0.39 is 0 Å². The molecule has 0 saturated heterocycles. The van der Waals surface area contributed by atoms with E-state index in [0.29, 0.717) is 6.04 Å². The molecule has 2 nitrogen and oxygen atoms in total. The number of nitrogens with zero attached hydrogens (tertiary/aromatic N) is 1. The van der Waals surface area contributed by atoms with Crippen LogP contribution in [0.15, 0.2) is 35.8 Å². The van der Waals surface area contributed by atoms with Crippen LogP contribution in [0.3, 0.4) is 0 Å². The van der Waals surface area contributed by atoms with Gasteiger partial charge in [0, 0.05) is 17.5 Å². The molecular formula is C15H20N2S. The molecule has 2 heterocycles. The molecule has 0 aliphatic rings. The van der Waals surface area contributed by atoms with Gasteiger partial charge >= 0.3 is 0 Å². The van der Waals surface area contributed by atoms with Gasteiger partial charge in [-0.15, -0.1) is 11.3 Å². The third-order valence-corrected chi connectivity index (χ3v) is 3.97. The van der Waals surface area contributed by atoms with Crippen LogP contribution in [-0.4, -0.2) is 11.5 Å². The largest absolute Gasteiger partial charge is 0.309 e. The van der Waals surface area contributed by atoms with Crippen LogP contribution in [0.25, 0.3) is 0 Å². The summed E-state index contributed by atoms with van der Waals surface area (Å²) in [5, 5.41) is 5.69. The lowest BCUT2D eigenvalue weighted by atomic mass is 10.0. The number of thiophene rings is 1. The third-order valence-electron chi connectivity index (χ3n) is 3.07. The Hall–Kier alpha value is -1.19. The van der Waals surface area contributed by atoms with Crippen molar-refractivity contribution in [3.8, 4) is 0 Å². The van der Waals surface area contributed by atoms with Gasteiger partial charge in [-0.05, 0) is 36.0 Å². The predicted octanol–water partition coefficient (Wildman–Crippen LogP) is 3.60. The molecule has 0 spiro atoms. The van der Waals surface area contributed by atoms with E-state index in [0.717, 1.165) is 19.4 Å². The summed E-state index contributed by atoms with van der Waals surface area (Å²) >= 11 is 1.82. The highest BCUT2D eigenvalue weighted by Gasteiger charge is 2.15. The van der Waals surface area contributed by atoms with E-state index in [-0.39, 0.29) is 0 Å². The van der Waals surface area contributed by atoms with E-state index in [2.05, 4.69) is 47.7 Å². The highest BCUT2D eigenvalue weighted by Crippen LogP contribution is 2.22. The minimum atomic E-state index is 0.324. The SMILES string of the molecule is CCNC(Cc1cccs1)c1ncccc1CC. The lowest BCUT2D eigenvalue weighted by molar-refractivity contribution is 0.535. The van der Waals surface area contributed by atoms with Crippen LogP contribution in [0.4, 0.5) is 0 Å². The van der Waals surface area contributed by atoms with E-state index in [1.54, 1.807) is 0 Å². The molecular weight excluding hydrogens is 240 g/mol. The number of nitrogens with one attached hydrogen (secondary N) is 1. The van der Waals surface area contributed by atoms with E-state index in [4.69, 9.17) is 0 Å². The molecule has 1 unspecified atom stereocenters. The molecule has 0 bridgehead atoms. The molecule has 2 aromatic heterocycles. The number of hydrogen-bond donors (Lipinski definition) is 1.